The fourth-order valence-electron chi connectivity index (χ4n) is 3.84. The van der Waals surface area contributed by atoms with E-state index in [-0.39, 0.29) is 28.0 Å². The largest absolute Gasteiger partial charge is 0.493 e. The van der Waals surface area contributed by atoms with Crippen LogP contribution in [0.2, 0.25) is 0 Å². The number of non-ortho nitro benzene ring substituents is 1. The SMILES string of the molecule is COc1cc(Cc2cnc(N)nc2N)cc(-c2cccc(NS(=O)(=O)c3ccc([N+](=O)[O-])cc3)c2)c1OC. The molecule has 3 aromatic carbocycles. The van der Waals surface area contributed by atoms with Crippen molar-refractivity contribution in [1.82, 2.24) is 9.97 Å². The molecule has 12 nitrogen and oxygen atoms in total. The summed E-state index contributed by atoms with van der Waals surface area (Å²) < 4.78 is 39.5. The van der Waals surface area contributed by atoms with Gasteiger partial charge in [-0.3, -0.25) is 14.8 Å². The van der Waals surface area contributed by atoms with Crippen LogP contribution in [0.25, 0.3) is 11.1 Å². The molecule has 1 heterocycles. The fourth-order valence-corrected chi connectivity index (χ4v) is 4.89. The number of benzene rings is 3. The van der Waals surface area contributed by atoms with E-state index >= 15 is 0 Å². The van der Waals surface area contributed by atoms with Gasteiger partial charge >= 0.3 is 0 Å². The number of rotatable bonds is 9. The van der Waals surface area contributed by atoms with Crippen molar-refractivity contribution in [3.8, 4) is 22.6 Å². The van der Waals surface area contributed by atoms with Crippen molar-refractivity contribution >= 4 is 33.2 Å². The third-order valence-electron chi connectivity index (χ3n) is 5.63. The molecule has 5 N–H and O–H groups in total. The van der Waals surface area contributed by atoms with E-state index in [0.717, 1.165) is 17.7 Å². The zero-order valence-electron chi connectivity index (χ0n) is 20.4. The number of methoxy groups -OCH3 is 2. The third kappa shape index (κ3) is 5.57. The van der Waals surface area contributed by atoms with Gasteiger partial charge in [-0.15, -0.1) is 0 Å². The molecule has 0 aliphatic carbocycles. The van der Waals surface area contributed by atoms with E-state index in [4.69, 9.17) is 20.9 Å². The lowest BCUT2D eigenvalue weighted by molar-refractivity contribution is -0.384. The van der Waals surface area contributed by atoms with E-state index in [2.05, 4.69) is 14.7 Å². The second-order valence-electron chi connectivity index (χ2n) is 8.13. The van der Waals surface area contributed by atoms with E-state index in [1.54, 1.807) is 36.5 Å². The Morgan fingerprint density at radius 1 is 1.03 bits per heavy atom. The quantitative estimate of drug-likeness (QED) is 0.211. The summed E-state index contributed by atoms with van der Waals surface area (Å²) in [6.45, 7) is 0. The van der Waals surface area contributed by atoms with E-state index in [1.165, 1.54) is 26.4 Å². The first kappa shape index (κ1) is 26.2. The molecule has 0 fully saturated rings. The van der Waals surface area contributed by atoms with Crippen molar-refractivity contribution in [2.45, 2.75) is 11.3 Å². The number of nitrogens with one attached hydrogen (secondary N) is 1. The fraction of sp³-hybridized carbons (Fsp3) is 0.120. The smallest absolute Gasteiger partial charge is 0.269 e. The van der Waals surface area contributed by atoms with E-state index < -0.39 is 14.9 Å². The predicted octanol–water partition coefficient (Wildman–Crippen LogP) is 3.63. The topological polar surface area (TPSA) is 186 Å². The van der Waals surface area contributed by atoms with Crippen LogP contribution in [0.5, 0.6) is 11.5 Å². The molecule has 0 bridgehead atoms. The molecule has 0 atom stereocenters. The summed E-state index contributed by atoms with van der Waals surface area (Å²) in [6, 6.07) is 15.0. The molecule has 0 aliphatic heterocycles. The Kier molecular flexibility index (Phi) is 7.30. The van der Waals surface area contributed by atoms with Gasteiger partial charge in [-0.1, -0.05) is 12.1 Å². The first-order chi connectivity index (χ1) is 18.1. The second-order valence-corrected chi connectivity index (χ2v) is 9.81. The highest BCUT2D eigenvalue weighted by Crippen LogP contribution is 2.40. The summed E-state index contributed by atoms with van der Waals surface area (Å²) in [5.74, 6) is 1.25. The van der Waals surface area contributed by atoms with E-state index in [0.29, 0.717) is 34.6 Å². The molecule has 0 amide bonds. The maximum Gasteiger partial charge on any atom is 0.269 e. The molecule has 4 rings (SSSR count). The minimum atomic E-state index is -4.01. The van der Waals surface area contributed by atoms with Crippen LogP contribution in [0.3, 0.4) is 0 Å². The number of ether oxygens (including phenoxy) is 2. The highest BCUT2D eigenvalue weighted by atomic mass is 32.2. The molecule has 0 aliphatic rings. The summed E-state index contributed by atoms with van der Waals surface area (Å²) in [6.07, 6.45) is 1.94. The van der Waals surface area contributed by atoms with Crippen molar-refractivity contribution in [1.29, 1.82) is 0 Å². The Morgan fingerprint density at radius 2 is 1.76 bits per heavy atom. The van der Waals surface area contributed by atoms with Gasteiger partial charge in [0.25, 0.3) is 15.7 Å². The summed E-state index contributed by atoms with van der Waals surface area (Å²) in [7, 11) is -0.984. The van der Waals surface area contributed by atoms with Gasteiger partial charge in [-0.05, 0) is 47.5 Å². The molecule has 38 heavy (non-hydrogen) atoms. The van der Waals surface area contributed by atoms with Crippen molar-refractivity contribution in [2.24, 2.45) is 0 Å². The summed E-state index contributed by atoms with van der Waals surface area (Å²) in [5.41, 5.74) is 14.5. The number of aromatic nitrogens is 2. The highest BCUT2D eigenvalue weighted by molar-refractivity contribution is 7.92. The highest BCUT2D eigenvalue weighted by Gasteiger charge is 2.19. The molecule has 0 spiro atoms. The average molecular weight is 537 g/mol. The summed E-state index contributed by atoms with van der Waals surface area (Å²) >= 11 is 0. The molecule has 13 heteroatoms. The lowest BCUT2D eigenvalue weighted by Gasteiger charge is -2.17. The Morgan fingerprint density at radius 3 is 2.39 bits per heavy atom. The minimum absolute atomic E-state index is 0.0762. The number of anilines is 3. The maximum absolute atomic E-state index is 12.9. The van der Waals surface area contributed by atoms with Crippen LogP contribution >= 0.6 is 0 Å². The Hall–Kier alpha value is -4.91. The normalized spacial score (nSPS) is 11.1. The Labute approximate surface area is 218 Å². The van der Waals surface area contributed by atoms with Gasteiger partial charge in [-0.25, -0.2) is 13.4 Å². The molecule has 1 aromatic heterocycles. The Balaban J connectivity index is 1.70. The lowest BCUT2D eigenvalue weighted by atomic mass is 9.97. The standard InChI is InChI=1S/C25H24N6O6S/c1-36-22-12-15(10-17-14-28-25(27)29-24(17)26)11-21(23(22)37-2)16-4-3-5-18(13-16)30-38(34,35)20-8-6-19(7-9-20)31(32)33/h3-9,11-14,30H,10H2,1-2H3,(H4,26,27,28,29). The first-order valence-corrected chi connectivity index (χ1v) is 12.6. The predicted molar refractivity (Wildman–Crippen MR) is 143 cm³/mol. The van der Waals surface area contributed by atoms with Crippen LogP contribution in [0.4, 0.5) is 23.1 Å². The van der Waals surface area contributed by atoms with Crippen molar-refractivity contribution in [2.75, 3.05) is 30.4 Å². The lowest BCUT2D eigenvalue weighted by Crippen LogP contribution is -2.13. The zero-order chi connectivity index (χ0) is 27.4. The van der Waals surface area contributed by atoms with Crippen molar-refractivity contribution < 1.29 is 22.8 Å². The van der Waals surface area contributed by atoms with Crippen LogP contribution < -0.4 is 25.7 Å². The summed E-state index contributed by atoms with van der Waals surface area (Å²) in [4.78, 5) is 18.2. The van der Waals surface area contributed by atoms with Gasteiger partial charge in [0.15, 0.2) is 11.5 Å². The number of hydrogen-bond acceptors (Lipinski definition) is 10. The number of nitro benzene ring substituents is 1. The minimum Gasteiger partial charge on any atom is -0.493 e. The van der Waals surface area contributed by atoms with Crippen molar-refractivity contribution in [3.05, 3.63) is 88.1 Å². The van der Waals surface area contributed by atoms with Gasteiger partial charge in [-0.2, -0.15) is 4.98 Å². The van der Waals surface area contributed by atoms with Crippen LogP contribution in [-0.2, 0) is 16.4 Å². The molecule has 0 unspecified atom stereocenters. The zero-order valence-corrected chi connectivity index (χ0v) is 21.2. The molecule has 0 saturated carbocycles. The molecular weight excluding hydrogens is 512 g/mol. The van der Waals surface area contributed by atoms with Gasteiger partial charge in [0.05, 0.1) is 24.0 Å². The Bertz CT molecular complexity index is 1610. The molecule has 0 radical (unpaired) electrons. The molecule has 196 valence electrons. The second kappa shape index (κ2) is 10.6. The van der Waals surface area contributed by atoms with Gasteiger partial charge in [0.1, 0.15) is 5.82 Å². The van der Waals surface area contributed by atoms with Crippen LogP contribution in [0.15, 0.2) is 71.8 Å². The van der Waals surface area contributed by atoms with Crippen LogP contribution in [0, 0.1) is 10.1 Å². The van der Waals surface area contributed by atoms with Gasteiger partial charge in [0.2, 0.25) is 5.95 Å². The van der Waals surface area contributed by atoms with Gasteiger partial charge in [0, 0.05) is 41.6 Å². The molecular formula is C25H24N6O6S. The van der Waals surface area contributed by atoms with E-state index in [1.807, 2.05) is 6.07 Å². The first-order valence-electron chi connectivity index (χ1n) is 11.1. The van der Waals surface area contributed by atoms with Crippen LogP contribution in [-0.4, -0.2) is 37.5 Å². The third-order valence-corrected chi connectivity index (χ3v) is 7.03. The maximum atomic E-state index is 12.9. The van der Waals surface area contributed by atoms with Gasteiger partial charge < -0.3 is 20.9 Å². The van der Waals surface area contributed by atoms with Crippen molar-refractivity contribution in [3.63, 3.8) is 0 Å². The number of sulfonamides is 1. The van der Waals surface area contributed by atoms with E-state index in [9.17, 15) is 18.5 Å². The summed E-state index contributed by atoms with van der Waals surface area (Å²) in [5, 5.41) is 10.9. The molecule has 0 saturated heterocycles. The monoisotopic (exact) mass is 536 g/mol. The van der Waals surface area contributed by atoms with Crippen LogP contribution in [0.1, 0.15) is 11.1 Å². The number of nitro groups is 1. The average Bonchev–Trinajstić information content (AvgIpc) is 2.89. The number of nitrogens with two attached hydrogens (primary N) is 2. The molecule has 4 aromatic rings. The number of nitrogen functional groups attached to an aromatic ring is 2. The number of hydrogen-bond donors (Lipinski definition) is 3. The number of nitrogens with zero attached hydrogens (tertiary/aromatic N) is 3.